The molecule has 0 bridgehead atoms. The van der Waals surface area contributed by atoms with Crippen molar-refractivity contribution in [3.05, 3.63) is 52.5 Å². The number of benzene rings is 2. The molecule has 7 heteroatoms. The molecule has 120 valence electrons. The normalized spacial score (nSPS) is 10.0. The van der Waals surface area contributed by atoms with Crippen LogP contribution in [0, 0.1) is 0 Å². The summed E-state index contributed by atoms with van der Waals surface area (Å²) in [5.41, 5.74) is 0.892. The second-order valence-corrected chi connectivity index (χ2v) is 5.44. The van der Waals surface area contributed by atoms with E-state index in [0.29, 0.717) is 27.2 Å². The minimum atomic E-state index is -0.485. The van der Waals surface area contributed by atoms with E-state index in [1.54, 1.807) is 36.4 Å². The number of para-hydroxylation sites is 2. The number of amides is 2. The molecule has 0 radical (unpaired) electrons. The van der Waals surface area contributed by atoms with Gasteiger partial charge in [-0.15, -0.1) is 0 Å². The molecule has 0 unspecified atom stereocenters. The summed E-state index contributed by atoms with van der Waals surface area (Å²) in [6.45, 7) is 0. The summed E-state index contributed by atoms with van der Waals surface area (Å²) in [6, 6.07) is 11.6. The molecule has 0 saturated carbocycles. The number of rotatable bonds is 5. The number of hydrogen-bond acceptors (Lipinski definition) is 3. The largest absolute Gasteiger partial charge is 0.495 e. The van der Waals surface area contributed by atoms with E-state index >= 15 is 0 Å². The zero-order valence-electron chi connectivity index (χ0n) is 12.2. The Balaban J connectivity index is 1.96. The van der Waals surface area contributed by atoms with Crippen LogP contribution in [0.3, 0.4) is 0 Å². The van der Waals surface area contributed by atoms with Crippen molar-refractivity contribution >= 4 is 46.4 Å². The van der Waals surface area contributed by atoms with Gasteiger partial charge in [0, 0.05) is 5.02 Å². The highest BCUT2D eigenvalue weighted by Crippen LogP contribution is 2.26. The van der Waals surface area contributed by atoms with E-state index in [1.807, 2.05) is 0 Å². The monoisotopic (exact) mass is 352 g/mol. The summed E-state index contributed by atoms with van der Waals surface area (Å²) in [4.78, 5) is 23.8. The quantitative estimate of drug-likeness (QED) is 0.800. The fourth-order valence-electron chi connectivity index (χ4n) is 1.87. The number of halogens is 2. The molecule has 23 heavy (non-hydrogen) atoms. The van der Waals surface area contributed by atoms with E-state index in [1.165, 1.54) is 13.2 Å². The first-order valence-corrected chi connectivity index (χ1v) is 7.43. The lowest BCUT2D eigenvalue weighted by atomic mass is 10.2. The lowest BCUT2D eigenvalue weighted by Gasteiger charge is -2.10. The summed E-state index contributed by atoms with van der Waals surface area (Å²) in [7, 11) is 1.50. The minimum Gasteiger partial charge on any atom is -0.495 e. The summed E-state index contributed by atoms with van der Waals surface area (Å²) in [5, 5.41) is 5.95. The first-order chi connectivity index (χ1) is 11.0. The van der Waals surface area contributed by atoms with Gasteiger partial charge in [-0.1, -0.05) is 35.3 Å². The Labute approximate surface area is 143 Å². The van der Waals surface area contributed by atoms with E-state index < -0.39 is 11.8 Å². The van der Waals surface area contributed by atoms with Gasteiger partial charge in [0.1, 0.15) is 12.2 Å². The molecule has 0 spiro atoms. The number of carbonyl (C=O) groups is 2. The average Bonchev–Trinajstić information content (AvgIpc) is 2.50. The summed E-state index contributed by atoms with van der Waals surface area (Å²) in [6.07, 6.45) is -0.350. The highest BCUT2D eigenvalue weighted by Gasteiger charge is 2.13. The predicted molar refractivity (Wildman–Crippen MR) is 91.3 cm³/mol. The number of methoxy groups -OCH3 is 1. The van der Waals surface area contributed by atoms with Crippen molar-refractivity contribution in [3.63, 3.8) is 0 Å². The highest BCUT2D eigenvalue weighted by molar-refractivity contribution is 6.36. The Kier molecular flexibility index (Phi) is 5.84. The van der Waals surface area contributed by atoms with Gasteiger partial charge in [-0.25, -0.2) is 0 Å². The van der Waals surface area contributed by atoms with Crippen molar-refractivity contribution in [2.24, 2.45) is 0 Å². The Morgan fingerprint density at radius 3 is 2.30 bits per heavy atom. The van der Waals surface area contributed by atoms with Crippen molar-refractivity contribution in [1.82, 2.24) is 0 Å². The maximum Gasteiger partial charge on any atom is 0.233 e. The van der Waals surface area contributed by atoms with Crippen LogP contribution >= 0.6 is 23.2 Å². The first kappa shape index (κ1) is 17.1. The van der Waals surface area contributed by atoms with E-state index in [0.717, 1.165) is 0 Å². The van der Waals surface area contributed by atoms with Crippen LogP contribution in [0.15, 0.2) is 42.5 Å². The molecule has 2 aromatic rings. The molecule has 2 aromatic carbocycles. The van der Waals surface area contributed by atoms with E-state index in [9.17, 15) is 9.59 Å². The van der Waals surface area contributed by atoms with Gasteiger partial charge < -0.3 is 15.4 Å². The zero-order valence-corrected chi connectivity index (χ0v) is 13.7. The van der Waals surface area contributed by atoms with Crippen LogP contribution in [-0.4, -0.2) is 18.9 Å². The van der Waals surface area contributed by atoms with Gasteiger partial charge in [-0.2, -0.15) is 0 Å². The van der Waals surface area contributed by atoms with Crippen LogP contribution in [-0.2, 0) is 9.59 Å². The van der Waals surface area contributed by atoms with Crippen LogP contribution in [0.5, 0.6) is 5.75 Å². The maximum atomic E-state index is 11.9. The van der Waals surface area contributed by atoms with E-state index in [2.05, 4.69) is 10.6 Å². The summed E-state index contributed by atoms with van der Waals surface area (Å²) < 4.78 is 5.13. The molecular weight excluding hydrogens is 339 g/mol. The van der Waals surface area contributed by atoms with Gasteiger partial charge in [0.15, 0.2) is 0 Å². The Morgan fingerprint density at radius 1 is 1.00 bits per heavy atom. The van der Waals surface area contributed by atoms with Gasteiger partial charge in [-0.3, -0.25) is 9.59 Å². The molecule has 5 nitrogen and oxygen atoms in total. The summed E-state index contributed by atoms with van der Waals surface area (Å²) >= 11 is 11.7. The Morgan fingerprint density at radius 2 is 1.65 bits per heavy atom. The molecule has 0 fully saturated rings. The fraction of sp³-hybridized carbons (Fsp3) is 0.125. The SMILES string of the molecule is COc1ccccc1NC(=O)CC(=O)Nc1ccc(Cl)cc1Cl. The molecular formula is C16H14Cl2N2O3. The Bertz CT molecular complexity index is 735. The second kappa shape index (κ2) is 7.85. The molecule has 2 rings (SSSR count). The summed E-state index contributed by atoms with van der Waals surface area (Å²) in [5.74, 6) is -0.430. The predicted octanol–water partition coefficient (Wildman–Crippen LogP) is 3.97. The lowest BCUT2D eigenvalue weighted by molar-refractivity contribution is -0.123. The van der Waals surface area contributed by atoms with Crippen LogP contribution in [0.1, 0.15) is 6.42 Å². The fourth-order valence-corrected chi connectivity index (χ4v) is 2.33. The van der Waals surface area contributed by atoms with Crippen LogP contribution < -0.4 is 15.4 Å². The molecule has 0 aliphatic rings. The van der Waals surface area contributed by atoms with Crippen molar-refractivity contribution in [2.75, 3.05) is 17.7 Å². The third-order valence-electron chi connectivity index (χ3n) is 2.91. The first-order valence-electron chi connectivity index (χ1n) is 6.67. The number of hydrogen-bond donors (Lipinski definition) is 2. The van der Waals surface area contributed by atoms with E-state index in [4.69, 9.17) is 27.9 Å². The molecule has 2 amide bonds. The zero-order chi connectivity index (χ0) is 16.8. The molecule has 0 heterocycles. The van der Waals surface area contributed by atoms with Crippen molar-refractivity contribution in [1.29, 1.82) is 0 Å². The molecule has 0 aromatic heterocycles. The number of ether oxygens (including phenoxy) is 1. The molecule has 0 saturated heterocycles. The molecule has 0 atom stereocenters. The third kappa shape index (κ3) is 4.87. The van der Waals surface area contributed by atoms with Gasteiger partial charge in [-0.05, 0) is 30.3 Å². The number of nitrogens with one attached hydrogen (secondary N) is 2. The lowest BCUT2D eigenvalue weighted by Crippen LogP contribution is -2.21. The van der Waals surface area contributed by atoms with Gasteiger partial charge >= 0.3 is 0 Å². The van der Waals surface area contributed by atoms with E-state index in [-0.39, 0.29) is 6.42 Å². The molecule has 2 N–H and O–H groups in total. The van der Waals surface area contributed by atoms with Gasteiger partial charge in [0.2, 0.25) is 11.8 Å². The Hall–Kier alpha value is -2.24. The topological polar surface area (TPSA) is 67.4 Å². The van der Waals surface area contributed by atoms with Crippen molar-refractivity contribution in [2.45, 2.75) is 6.42 Å². The van der Waals surface area contributed by atoms with Crippen LogP contribution in [0.2, 0.25) is 10.0 Å². The number of anilines is 2. The van der Waals surface area contributed by atoms with Gasteiger partial charge in [0.25, 0.3) is 0 Å². The average molecular weight is 353 g/mol. The van der Waals surface area contributed by atoms with Gasteiger partial charge in [0.05, 0.1) is 23.5 Å². The smallest absolute Gasteiger partial charge is 0.233 e. The minimum absolute atomic E-state index is 0.302. The standard InChI is InChI=1S/C16H14Cl2N2O3/c1-23-14-5-3-2-4-13(14)20-16(22)9-15(21)19-12-7-6-10(17)8-11(12)18/h2-8H,9H2,1H3,(H,19,21)(H,20,22). The maximum absolute atomic E-state index is 11.9. The third-order valence-corrected chi connectivity index (χ3v) is 3.46. The molecule has 0 aliphatic heterocycles. The second-order valence-electron chi connectivity index (χ2n) is 4.60. The highest BCUT2D eigenvalue weighted by atomic mass is 35.5. The van der Waals surface area contributed by atoms with Crippen LogP contribution in [0.25, 0.3) is 0 Å². The van der Waals surface area contributed by atoms with Crippen molar-refractivity contribution < 1.29 is 14.3 Å². The van der Waals surface area contributed by atoms with Crippen molar-refractivity contribution in [3.8, 4) is 5.75 Å². The number of carbonyl (C=O) groups excluding carboxylic acids is 2. The molecule has 0 aliphatic carbocycles. The van der Waals surface area contributed by atoms with Crippen LogP contribution in [0.4, 0.5) is 11.4 Å².